The summed E-state index contributed by atoms with van der Waals surface area (Å²) in [7, 11) is 0. The molecule has 1 aromatic heterocycles. The minimum atomic E-state index is -0.00534. The molecule has 0 unspecified atom stereocenters. The molecule has 1 saturated heterocycles. The number of hydrogen-bond acceptors (Lipinski definition) is 3. The molecule has 126 valence electrons. The number of aromatic nitrogens is 1. The van der Waals surface area contributed by atoms with Crippen molar-refractivity contribution in [3.8, 4) is 0 Å². The van der Waals surface area contributed by atoms with Crippen molar-refractivity contribution in [3.05, 3.63) is 52.3 Å². The second-order valence-corrected chi connectivity index (χ2v) is 6.92. The fourth-order valence-corrected chi connectivity index (χ4v) is 3.07. The molecule has 2 aromatic rings. The van der Waals surface area contributed by atoms with E-state index in [4.69, 9.17) is 23.2 Å². The smallest absolute Gasteiger partial charge is 0.272 e. The molecule has 0 atom stereocenters. The number of piperidine rings is 1. The molecule has 2 heterocycles. The molecule has 0 aliphatic carbocycles. The molecule has 1 fully saturated rings. The van der Waals surface area contributed by atoms with Crippen LogP contribution in [0.25, 0.3) is 0 Å². The van der Waals surface area contributed by atoms with Gasteiger partial charge in [0, 0.05) is 13.1 Å². The number of anilines is 2. The Labute approximate surface area is 151 Å². The fraction of sp³-hybridized carbons (Fsp3) is 0.333. The predicted molar refractivity (Wildman–Crippen MR) is 98.3 cm³/mol. The molecular formula is C18H19Cl2N3O. The van der Waals surface area contributed by atoms with E-state index in [9.17, 15) is 4.79 Å². The Balaban J connectivity index is 1.69. The summed E-state index contributed by atoms with van der Waals surface area (Å²) in [5.41, 5.74) is 1.92. The van der Waals surface area contributed by atoms with Gasteiger partial charge in [0.2, 0.25) is 0 Å². The number of rotatable bonds is 3. The molecule has 0 spiro atoms. The van der Waals surface area contributed by atoms with Crippen LogP contribution in [0, 0.1) is 5.92 Å². The Morgan fingerprint density at radius 3 is 2.62 bits per heavy atom. The molecule has 0 bridgehead atoms. The van der Waals surface area contributed by atoms with Crippen LogP contribution in [0.3, 0.4) is 0 Å². The monoisotopic (exact) mass is 363 g/mol. The van der Waals surface area contributed by atoms with Crippen LogP contribution in [0.5, 0.6) is 0 Å². The lowest BCUT2D eigenvalue weighted by atomic mass is 9.99. The van der Waals surface area contributed by atoms with Gasteiger partial charge in [-0.2, -0.15) is 0 Å². The normalized spacial score (nSPS) is 15.4. The molecule has 0 radical (unpaired) electrons. The maximum atomic E-state index is 12.5. The summed E-state index contributed by atoms with van der Waals surface area (Å²) >= 11 is 12.2. The third kappa shape index (κ3) is 3.82. The molecule has 0 saturated carbocycles. The van der Waals surface area contributed by atoms with Gasteiger partial charge in [0.05, 0.1) is 27.6 Å². The van der Waals surface area contributed by atoms with Gasteiger partial charge in [-0.3, -0.25) is 4.79 Å². The molecule has 24 heavy (non-hydrogen) atoms. The molecule has 1 amide bonds. The van der Waals surface area contributed by atoms with E-state index in [0.29, 0.717) is 27.3 Å². The Kier molecular flexibility index (Phi) is 5.27. The summed E-state index contributed by atoms with van der Waals surface area (Å²) in [5, 5.41) is 4.11. The Morgan fingerprint density at radius 2 is 1.96 bits per heavy atom. The second-order valence-electron chi connectivity index (χ2n) is 6.13. The summed E-state index contributed by atoms with van der Waals surface area (Å²) in [5.74, 6) is 0.685. The van der Waals surface area contributed by atoms with Gasteiger partial charge >= 0.3 is 0 Å². The molecule has 6 heteroatoms. The SMILES string of the molecule is CC1CCN(C(=O)c2ccc(Nc3cccc(Cl)c3Cl)cn2)CC1. The number of carbonyl (C=O) groups is 1. The van der Waals surface area contributed by atoms with Gasteiger partial charge in [-0.1, -0.05) is 36.2 Å². The zero-order chi connectivity index (χ0) is 17.1. The zero-order valence-electron chi connectivity index (χ0n) is 13.4. The molecule has 3 rings (SSSR count). The number of amides is 1. The molecule has 4 nitrogen and oxygen atoms in total. The van der Waals surface area contributed by atoms with Gasteiger partial charge in [0.1, 0.15) is 5.69 Å². The predicted octanol–water partition coefficient (Wildman–Crippen LogP) is 5.00. The number of halogens is 2. The Hall–Kier alpha value is -1.78. The van der Waals surface area contributed by atoms with Gasteiger partial charge in [-0.25, -0.2) is 4.98 Å². The Bertz CT molecular complexity index is 726. The molecular weight excluding hydrogens is 345 g/mol. The van der Waals surface area contributed by atoms with E-state index in [1.165, 1.54) is 0 Å². The maximum absolute atomic E-state index is 12.5. The van der Waals surface area contributed by atoms with Gasteiger partial charge < -0.3 is 10.2 Å². The van der Waals surface area contributed by atoms with E-state index >= 15 is 0 Å². The molecule has 1 aliphatic heterocycles. The molecule has 1 N–H and O–H groups in total. The van der Waals surface area contributed by atoms with E-state index in [2.05, 4.69) is 17.2 Å². The molecule has 1 aromatic carbocycles. The lowest BCUT2D eigenvalue weighted by Crippen LogP contribution is -2.38. The highest BCUT2D eigenvalue weighted by atomic mass is 35.5. The van der Waals surface area contributed by atoms with Gasteiger partial charge in [0.15, 0.2) is 0 Å². The van der Waals surface area contributed by atoms with E-state index in [-0.39, 0.29) is 5.91 Å². The number of pyridine rings is 1. The largest absolute Gasteiger partial charge is 0.353 e. The van der Waals surface area contributed by atoms with Crippen LogP contribution in [0.1, 0.15) is 30.3 Å². The van der Waals surface area contributed by atoms with Crippen LogP contribution >= 0.6 is 23.2 Å². The summed E-state index contributed by atoms with van der Waals surface area (Å²) < 4.78 is 0. The van der Waals surface area contributed by atoms with Crippen molar-refractivity contribution in [2.45, 2.75) is 19.8 Å². The number of nitrogens with one attached hydrogen (secondary N) is 1. The first-order valence-corrected chi connectivity index (χ1v) is 8.76. The lowest BCUT2D eigenvalue weighted by Gasteiger charge is -2.30. The fourth-order valence-electron chi connectivity index (χ4n) is 2.72. The van der Waals surface area contributed by atoms with E-state index in [0.717, 1.165) is 31.6 Å². The summed E-state index contributed by atoms with van der Waals surface area (Å²) in [4.78, 5) is 18.6. The van der Waals surface area contributed by atoms with Crippen molar-refractivity contribution in [1.29, 1.82) is 0 Å². The zero-order valence-corrected chi connectivity index (χ0v) is 14.9. The topological polar surface area (TPSA) is 45.2 Å². The Morgan fingerprint density at radius 1 is 1.21 bits per heavy atom. The van der Waals surface area contributed by atoms with E-state index in [1.54, 1.807) is 18.3 Å². The third-order valence-corrected chi connectivity index (χ3v) is 5.10. The highest BCUT2D eigenvalue weighted by molar-refractivity contribution is 6.43. The van der Waals surface area contributed by atoms with Crippen LogP contribution in [-0.4, -0.2) is 28.9 Å². The van der Waals surface area contributed by atoms with E-state index in [1.807, 2.05) is 23.1 Å². The van der Waals surface area contributed by atoms with Crippen LogP contribution in [-0.2, 0) is 0 Å². The number of likely N-dealkylation sites (tertiary alicyclic amines) is 1. The van der Waals surface area contributed by atoms with Crippen molar-refractivity contribution in [3.63, 3.8) is 0 Å². The maximum Gasteiger partial charge on any atom is 0.272 e. The van der Waals surface area contributed by atoms with Gasteiger partial charge in [0.25, 0.3) is 5.91 Å². The number of nitrogens with zero attached hydrogens (tertiary/aromatic N) is 2. The average Bonchev–Trinajstić information content (AvgIpc) is 2.60. The van der Waals surface area contributed by atoms with Gasteiger partial charge in [-0.15, -0.1) is 0 Å². The minimum Gasteiger partial charge on any atom is -0.353 e. The number of hydrogen-bond donors (Lipinski definition) is 1. The lowest BCUT2D eigenvalue weighted by molar-refractivity contribution is 0.0691. The molecule has 1 aliphatic rings. The van der Waals surface area contributed by atoms with Crippen molar-refractivity contribution >= 4 is 40.5 Å². The minimum absolute atomic E-state index is 0.00534. The third-order valence-electron chi connectivity index (χ3n) is 4.28. The standard InChI is InChI=1S/C18H19Cl2N3O/c1-12-7-9-23(10-8-12)18(24)16-6-5-13(11-21-16)22-15-4-2-3-14(19)17(15)20/h2-6,11-12,22H,7-10H2,1H3. The first kappa shape index (κ1) is 17.1. The van der Waals surface area contributed by atoms with Crippen molar-refractivity contribution in [2.24, 2.45) is 5.92 Å². The highest BCUT2D eigenvalue weighted by Crippen LogP contribution is 2.31. The van der Waals surface area contributed by atoms with Crippen molar-refractivity contribution < 1.29 is 4.79 Å². The number of benzene rings is 1. The first-order chi connectivity index (χ1) is 11.5. The van der Waals surface area contributed by atoms with Crippen molar-refractivity contribution in [1.82, 2.24) is 9.88 Å². The van der Waals surface area contributed by atoms with Crippen molar-refractivity contribution in [2.75, 3.05) is 18.4 Å². The average molecular weight is 364 g/mol. The number of carbonyl (C=O) groups excluding carboxylic acids is 1. The summed E-state index contributed by atoms with van der Waals surface area (Å²) in [6, 6.07) is 8.95. The highest BCUT2D eigenvalue weighted by Gasteiger charge is 2.22. The van der Waals surface area contributed by atoms with Crippen LogP contribution in [0.15, 0.2) is 36.5 Å². The summed E-state index contributed by atoms with van der Waals surface area (Å²) in [6.07, 6.45) is 3.74. The second kappa shape index (κ2) is 7.41. The quantitative estimate of drug-likeness (QED) is 0.833. The van der Waals surface area contributed by atoms with Gasteiger partial charge in [-0.05, 0) is 43.0 Å². The summed E-state index contributed by atoms with van der Waals surface area (Å²) in [6.45, 7) is 3.83. The first-order valence-electron chi connectivity index (χ1n) is 8.01. The van der Waals surface area contributed by atoms with Crippen LogP contribution in [0.4, 0.5) is 11.4 Å². The van der Waals surface area contributed by atoms with E-state index < -0.39 is 0 Å². The van der Waals surface area contributed by atoms with Crippen LogP contribution in [0.2, 0.25) is 10.0 Å². The van der Waals surface area contributed by atoms with Crippen LogP contribution < -0.4 is 5.32 Å².